The first kappa shape index (κ1) is 14.0. The highest BCUT2D eigenvalue weighted by atomic mass is 32.1. The highest BCUT2D eigenvalue weighted by Crippen LogP contribution is 2.20. The van der Waals surface area contributed by atoms with Gasteiger partial charge in [0.15, 0.2) is 0 Å². The zero-order chi connectivity index (χ0) is 14.7. The molecule has 0 spiro atoms. The number of benzene rings is 1. The molecule has 2 heterocycles. The van der Waals surface area contributed by atoms with E-state index < -0.39 is 0 Å². The van der Waals surface area contributed by atoms with E-state index in [4.69, 9.17) is 0 Å². The number of hydrogen-bond acceptors (Lipinski definition) is 5. The van der Waals surface area contributed by atoms with E-state index in [-0.39, 0.29) is 0 Å². The summed E-state index contributed by atoms with van der Waals surface area (Å²) in [5, 5.41) is 13.7. The Bertz CT molecular complexity index is 731. The van der Waals surface area contributed by atoms with Gasteiger partial charge in [-0.05, 0) is 25.5 Å². The molecule has 3 aromatic rings. The van der Waals surface area contributed by atoms with Gasteiger partial charge in [0, 0.05) is 6.54 Å². The van der Waals surface area contributed by atoms with Gasteiger partial charge in [-0.3, -0.25) is 0 Å². The largest absolute Gasteiger partial charge is 0.360 e. The Morgan fingerprint density at radius 3 is 2.95 bits per heavy atom. The van der Waals surface area contributed by atoms with Crippen LogP contribution in [0.1, 0.15) is 30.6 Å². The number of aryl methyl sites for hydroxylation is 1. The predicted octanol–water partition coefficient (Wildman–Crippen LogP) is 3.46. The minimum absolute atomic E-state index is 0.722. The average molecular weight is 301 g/mol. The van der Waals surface area contributed by atoms with Crippen LogP contribution < -0.4 is 5.32 Å². The number of nitrogens with zero attached hydrogens (tertiary/aromatic N) is 4. The maximum absolute atomic E-state index is 4.58. The quantitative estimate of drug-likeness (QED) is 0.708. The van der Waals surface area contributed by atoms with Gasteiger partial charge in [0.2, 0.25) is 5.13 Å². The summed E-state index contributed by atoms with van der Waals surface area (Å²) in [6.07, 6.45) is 2.33. The topological polar surface area (TPSA) is 55.6 Å². The molecule has 0 fully saturated rings. The Labute approximate surface area is 128 Å². The molecule has 0 aliphatic rings. The monoisotopic (exact) mass is 301 g/mol. The summed E-state index contributed by atoms with van der Waals surface area (Å²) >= 11 is 1.62. The minimum atomic E-state index is 0.722. The molecule has 0 bridgehead atoms. The lowest BCUT2D eigenvalue weighted by Gasteiger charge is -2.03. The highest BCUT2D eigenvalue weighted by molar-refractivity contribution is 7.15. The van der Waals surface area contributed by atoms with E-state index in [0.29, 0.717) is 0 Å². The van der Waals surface area contributed by atoms with Gasteiger partial charge in [-0.25, -0.2) is 4.98 Å². The molecule has 1 aromatic carbocycles. The van der Waals surface area contributed by atoms with Gasteiger partial charge in [-0.2, -0.15) is 0 Å². The van der Waals surface area contributed by atoms with Crippen LogP contribution in [0.4, 0.5) is 5.13 Å². The smallest absolute Gasteiger partial charge is 0.205 e. The number of anilines is 1. The molecular formula is C15H19N5S. The van der Waals surface area contributed by atoms with Crippen LogP contribution in [0, 0.1) is 6.92 Å². The first-order valence-electron chi connectivity index (χ1n) is 7.26. The second-order valence-electron chi connectivity index (χ2n) is 5.02. The van der Waals surface area contributed by atoms with E-state index >= 15 is 0 Å². The number of nitrogens with one attached hydrogen (secondary N) is 1. The first-order chi connectivity index (χ1) is 10.3. The highest BCUT2D eigenvalue weighted by Gasteiger charge is 2.10. The molecule has 21 heavy (non-hydrogen) atoms. The van der Waals surface area contributed by atoms with Gasteiger partial charge in [0.1, 0.15) is 10.8 Å². The standard InChI is InChI=1S/C15H19N5S/c1-3-4-9-16-15-19-18-14(21-15)10-20-11(2)17-12-7-5-6-8-13(12)20/h5-8H,3-4,9-10H2,1-2H3,(H,16,19). The number of unbranched alkanes of at least 4 members (excludes halogenated alkanes) is 1. The molecule has 0 aliphatic carbocycles. The fraction of sp³-hybridized carbons (Fsp3) is 0.400. The number of imidazole rings is 1. The Hall–Kier alpha value is -1.95. The van der Waals surface area contributed by atoms with Crippen molar-refractivity contribution >= 4 is 27.5 Å². The van der Waals surface area contributed by atoms with Crippen molar-refractivity contribution in [2.75, 3.05) is 11.9 Å². The molecule has 2 aromatic heterocycles. The van der Waals surface area contributed by atoms with E-state index in [0.717, 1.165) is 46.5 Å². The molecule has 0 aliphatic heterocycles. The number of fused-ring (bicyclic) bond motifs is 1. The number of rotatable bonds is 6. The second kappa shape index (κ2) is 6.22. The number of para-hydroxylation sites is 2. The third kappa shape index (κ3) is 3.05. The van der Waals surface area contributed by atoms with Gasteiger partial charge in [-0.15, -0.1) is 10.2 Å². The SMILES string of the molecule is CCCCNc1nnc(Cn2c(C)nc3ccccc32)s1. The summed E-state index contributed by atoms with van der Waals surface area (Å²) in [5.74, 6) is 1.01. The van der Waals surface area contributed by atoms with Crippen molar-refractivity contribution in [1.29, 1.82) is 0 Å². The fourth-order valence-electron chi connectivity index (χ4n) is 2.29. The van der Waals surface area contributed by atoms with Crippen LogP contribution in [0.2, 0.25) is 0 Å². The third-order valence-corrected chi connectivity index (χ3v) is 4.28. The predicted molar refractivity (Wildman–Crippen MR) is 86.9 cm³/mol. The zero-order valence-electron chi connectivity index (χ0n) is 12.3. The van der Waals surface area contributed by atoms with Crippen LogP contribution >= 0.6 is 11.3 Å². The molecule has 110 valence electrons. The van der Waals surface area contributed by atoms with Crippen molar-refractivity contribution in [2.45, 2.75) is 33.2 Å². The molecule has 6 heteroatoms. The zero-order valence-corrected chi connectivity index (χ0v) is 13.2. The van der Waals surface area contributed by atoms with Crippen LogP contribution in [-0.2, 0) is 6.54 Å². The van der Waals surface area contributed by atoms with Gasteiger partial charge in [-0.1, -0.05) is 36.8 Å². The summed E-state index contributed by atoms with van der Waals surface area (Å²) in [6, 6.07) is 8.19. The molecule has 5 nitrogen and oxygen atoms in total. The van der Waals surface area contributed by atoms with Crippen molar-refractivity contribution in [3.63, 3.8) is 0 Å². The van der Waals surface area contributed by atoms with E-state index in [1.807, 2.05) is 25.1 Å². The summed E-state index contributed by atoms with van der Waals surface area (Å²) < 4.78 is 2.19. The van der Waals surface area contributed by atoms with Crippen molar-refractivity contribution in [1.82, 2.24) is 19.7 Å². The van der Waals surface area contributed by atoms with Crippen LogP contribution in [0.5, 0.6) is 0 Å². The fourth-order valence-corrected chi connectivity index (χ4v) is 3.05. The molecule has 0 saturated carbocycles. The first-order valence-corrected chi connectivity index (χ1v) is 8.07. The Morgan fingerprint density at radius 1 is 1.24 bits per heavy atom. The van der Waals surface area contributed by atoms with Gasteiger partial charge < -0.3 is 9.88 Å². The maximum atomic E-state index is 4.58. The van der Waals surface area contributed by atoms with Crippen molar-refractivity contribution in [2.24, 2.45) is 0 Å². The molecule has 0 unspecified atom stereocenters. The van der Waals surface area contributed by atoms with Crippen LogP contribution in [-0.4, -0.2) is 26.3 Å². The Morgan fingerprint density at radius 2 is 2.10 bits per heavy atom. The summed E-state index contributed by atoms with van der Waals surface area (Å²) in [4.78, 5) is 4.58. The molecular weight excluding hydrogens is 282 g/mol. The van der Waals surface area contributed by atoms with Crippen LogP contribution in [0.15, 0.2) is 24.3 Å². The van der Waals surface area contributed by atoms with E-state index in [1.165, 1.54) is 6.42 Å². The van der Waals surface area contributed by atoms with Gasteiger partial charge >= 0.3 is 0 Å². The van der Waals surface area contributed by atoms with Crippen LogP contribution in [0.3, 0.4) is 0 Å². The molecule has 0 amide bonds. The summed E-state index contributed by atoms with van der Waals surface area (Å²) in [6.45, 7) is 5.89. The molecule has 0 saturated heterocycles. The van der Waals surface area contributed by atoms with Gasteiger partial charge in [0.05, 0.1) is 17.6 Å². The van der Waals surface area contributed by atoms with Crippen molar-refractivity contribution in [3.8, 4) is 0 Å². The Kier molecular flexibility index (Phi) is 4.15. The van der Waals surface area contributed by atoms with Gasteiger partial charge in [0.25, 0.3) is 0 Å². The van der Waals surface area contributed by atoms with Crippen molar-refractivity contribution < 1.29 is 0 Å². The van der Waals surface area contributed by atoms with E-state index in [9.17, 15) is 0 Å². The van der Waals surface area contributed by atoms with Crippen LogP contribution in [0.25, 0.3) is 11.0 Å². The number of aromatic nitrogens is 4. The molecule has 0 atom stereocenters. The third-order valence-electron chi connectivity index (χ3n) is 3.41. The minimum Gasteiger partial charge on any atom is -0.360 e. The lowest BCUT2D eigenvalue weighted by Crippen LogP contribution is -2.01. The van der Waals surface area contributed by atoms with E-state index in [2.05, 4.69) is 38.1 Å². The van der Waals surface area contributed by atoms with Crippen molar-refractivity contribution in [3.05, 3.63) is 35.1 Å². The molecule has 3 rings (SSSR count). The average Bonchev–Trinajstić information content (AvgIpc) is 3.05. The van der Waals surface area contributed by atoms with E-state index in [1.54, 1.807) is 11.3 Å². The summed E-state index contributed by atoms with van der Waals surface area (Å²) in [5.41, 5.74) is 2.17. The lowest BCUT2D eigenvalue weighted by atomic mass is 10.3. The molecule has 1 N–H and O–H groups in total. The molecule has 0 radical (unpaired) electrons. The lowest BCUT2D eigenvalue weighted by molar-refractivity contribution is 0.767. The summed E-state index contributed by atoms with van der Waals surface area (Å²) in [7, 11) is 0. The normalized spacial score (nSPS) is 11.1. The number of hydrogen-bond donors (Lipinski definition) is 1. The Balaban J connectivity index is 1.77. The second-order valence-corrected chi connectivity index (χ2v) is 6.08. The maximum Gasteiger partial charge on any atom is 0.205 e.